The average molecular weight is 690 g/mol. The molecule has 0 unspecified atom stereocenters. The SMILES string of the molecule is Cn1c(-c2ccnn2-c2ccc(C#N)cc2)c(C(=O)NC2CCC(C(=O)NC3CC[N+](C)(C)CC3)CC2)c(=O)n1-c1cccc(C(F)(F)F)c1. The summed E-state index contributed by atoms with van der Waals surface area (Å²) >= 11 is 0. The van der Waals surface area contributed by atoms with E-state index in [4.69, 9.17) is 0 Å². The number of hydrogen-bond acceptors (Lipinski definition) is 5. The van der Waals surface area contributed by atoms with Gasteiger partial charge < -0.3 is 15.1 Å². The van der Waals surface area contributed by atoms with E-state index in [9.17, 15) is 32.8 Å². The van der Waals surface area contributed by atoms with E-state index in [1.165, 1.54) is 34.7 Å². The largest absolute Gasteiger partial charge is 0.416 e. The van der Waals surface area contributed by atoms with Crippen LogP contribution in [0.2, 0.25) is 0 Å². The lowest BCUT2D eigenvalue weighted by molar-refractivity contribution is -0.895. The summed E-state index contributed by atoms with van der Waals surface area (Å²) in [5, 5.41) is 19.9. The van der Waals surface area contributed by atoms with Gasteiger partial charge in [0.1, 0.15) is 11.3 Å². The molecule has 14 heteroatoms. The molecule has 1 saturated heterocycles. The molecule has 2 aromatic heterocycles. The first-order valence-corrected chi connectivity index (χ1v) is 16.7. The number of alkyl halides is 3. The van der Waals surface area contributed by atoms with Crippen LogP contribution in [0.3, 0.4) is 0 Å². The number of carbonyl (C=O) groups is 2. The van der Waals surface area contributed by atoms with Gasteiger partial charge in [0, 0.05) is 37.9 Å². The Hall–Kier alpha value is -5.16. The van der Waals surface area contributed by atoms with Crippen molar-refractivity contribution in [2.24, 2.45) is 13.0 Å². The van der Waals surface area contributed by atoms with Gasteiger partial charge in [-0.1, -0.05) is 6.07 Å². The van der Waals surface area contributed by atoms with Gasteiger partial charge in [-0.05, 0) is 74.2 Å². The molecule has 1 aliphatic carbocycles. The summed E-state index contributed by atoms with van der Waals surface area (Å²) in [4.78, 5) is 41.3. The third kappa shape index (κ3) is 7.09. The van der Waals surface area contributed by atoms with Crippen LogP contribution >= 0.6 is 0 Å². The van der Waals surface area contributed by atoms with Gasteiger partial charge in [-0.3, -0.25) is 19.1 Å². The van der Waals surface area contributed by atoms with Crippen molar-refractivity contribution in [3.8, 4) is 28.8 Å². The van der Waals surface area contributed by atoms with Crippen LogP contribution in [0.5, 0.6) is 0 Å². The molecule has 2 fully saturated rings. The fourth-order valence-corrected chi connectivity index (χ4v) is 7.06. The van der Waals surface area contributed by atoms with Crippen molar-refractivity contribution in [2.75, 3.05) is 27.2 Å². The summed E-state index contributed by atoms with van der Waals surface area (Å²) in [6, 6.07) is 14.4. The van der Waals surface area contributed by atoms with Gasteiger partial charge >= 0.3 is 6.18 Å². The van der Waals surface area contributed by atoms with Crippen LogP contribution in [0.25, 0.3) is 22.8 Å². The number of hydrogen-bond donors (Lipinski definition) is 2. The molecule has 2 amide bonds. The minimum atomic E-state index is -4.65. The van der Waals surface area contributed by atoms with Crippen molar-refractivity contribution in [2.45, 2.75) is 56.8 Å². The molecule has 0 spiro atoms. The van der Waals surface area contributed by atoms with Gasteiger partial charge in [-0.2, -0.15) is 23.5 Å². The minimum Gasteiger partial charge on any atom is -0.353 e. The fourth-order valence-electron chi connectivity index (χ4n) is 7.06. The van der Waals surface area contributed by atoms with Crippen molar-refractivity contribution in [1.29, 1.82) is 5.26 Å². The van der Waals surface area contributed by atoms with Crippen LogP contribution in [0, 0.1) is 17.2 Å². The van der Waals surface area contributed by atoms with E-state index < -0.39 is 23.2 Å². The molecular weight excluding hydrogens is 649 g/mol. The number of halogens is 3. The van der Waals surface area contributed by atoms with Gasteiger partial charge in [0.25, 0.3) is 11.5 Å². The summed E-state index contributed by atoms with van der Waals surface area (Å²) in [5.41, 5.74) is -0.593. The first-order chi connectivity index (χ1) is 23.8. The number of nitrogens with zero attached hydrogens (tertiary/aromatic N) is 6. The zero-order chi connectivity index (χ0) is 35.8. The third-order valence-electron chi connectivity index (χ3n) is 9.98. The minimum absolute atomic E-state index is 0.0392. The Balaban J connectivity index is 1.28. The molecule has 262 valence electrons. The van der Waals surface area contributed by atoms with E-state index in [2.05, 4.69) is 35.9 Å². The van der Waals surface area contributed by atoms with E-state index in [0.717, 1.165) is 47.2 Å². The number of carbonyl (C=O) groups excluding carboxylic acids is 2. The molecule has 2 aromatic carbocycles. The van der Waals surface area contributed by atoms with Crippen molar-refractivity contribution in [1.82, 2.24) is 29.8 Å². The summed E-state index contributed by atoms with van der Waals surface area (Å²) in [6.07, 6.45) is 0.930. The molecule has 1 aliphatic heterocycles. The number of piperidine rings is 1. The number of quaternary nitrogens is 1. The summed E-state index contributed by atoms with van der Waals surface area (Å²) in [6.45, 7) is 2.02. The summed E-state index contributed by atoms with van der Waals surface area (Å²) < 4.78 is 45.9. The number of rotatable bonds is 7. The standard InChI is InChI=1S/C36H39F3N8O3/c1-44-32(30-15-18-41-45(30)28-13-7-23(22-40)8-14-28)31(35(50)46(44)29-6-4-5-25(21-29)36(37,38)39)34(49)43-26-11-9-24(10-12-26)33(48)42-27-16-19-47(2,3)20-17-27/h4-8,13-15,18,21,24,26-27H,9-12,16-17,19-20H2,1-3H3,(H-,42,43,48,49)/p+1. The topological polar surface area (TPSA) is 127 Å². The molecule has 50 heavy (non-hydrogen) atoms. The molecule has 0 atom stereocenters. The van der Waals surface area contributed by atoms with E-state index in [0.29, 0.717) is 42.6 Å². The van der Waals surface area contributed by atoms with E-state index in [-0.39, 0.29) is 40.9 Å². The van der Waals surface area contributed by atoms with Gasteiger partial charge in [0.05, 0.1) is 67.6 Å². The highest BCUT2D eigenvalue weighted by Gasteiger charge is 2.35. The number of nitriles is 1. The zero-order valence-electron chi connectivity index (χ0n) is 28.2. The summed E-state index contributed by atoms with van der Waals surface area (Å²) in [7, 11) is 5.88. The molecule has 6 rings (SSSR count). The Morgan fingerprint density at radius 3 is 2.22 bits per heavy atom. The zero-order valence-corrected chi connectivity index (χ0v) is 28.2. The molecule has 2 N–H and O–H groups in total. The molecule has 1 saturated carbocycles. The molecule has 11 nitrogen and oxygen atoms in total. The second kappa shape index (κ2) is 13.6. The maximum Gasteiger partial charge on any atom is 0.416 e. The van der Waals surface area contributed by atoms with E-state index in [1.807, 2.05) is 0 Å². The Morgan fingerprint density at radius 1 is 0.920 bits per heavy atom. The number of benzene rings is 2. The lowest BCUT2D eigenvalue weighted by atomic mass is 9.85. The molecule has 0 bridgehead atoms. The lowest BCUT2D eigenvalue weighted by Crippen LogP contribution is -2.52. The van der Waals surface area contributed by atoms with Crippen LogP contribution in [-0.4, -0.2) is 74.7 Å². The van der Waals surface area contributed by atoms with Crippen LogP contribution < -0.4 is 16.2 Å². The Bertz CT molecular complexity index is 1980. The predicted molar refractivity (Wildman–Crippen MR) is 180 cm³/mol. The highest BCUT2D eigenvalue weighted by Crippen LogP contribution is 2.32. The van der Waals surface area contributed by atoms with Crippen LogP contribution in [-0.2, 0) is 18.0 Å². The number of likely N-dealkylation sites (tertiary alicyclic amines) is 1. The van der Waals surface area contributed by atoms with E-state index >= 15 is 0 Å². The van der Waals surface area contributed by atoms with Gasteiger partial charge in [-0.25, -0.2) is 9.36 Å². The van der Waals surface area contributed by atoms with Crippen LogP contribution in [0.1, 0.15) is 60.0 Å². The smallest absolute Gasteiger partial charge is 0.353 e. The number of amides is 2. The Labute approximate surface area is 287 Å². The fraction of sp³-hybridized carbons (Fsp3) is 0.417. The van der Waals surface area contributed by atoms with Crippen molar-refractivity contribution in [3.63, 3.8) is 0 Å². The average Bonchev–Trinajstić information content (AvgIpc) is 3.67. The highest BCUT2D eigenvalue weighted by atomic mass is 19.4. The predicted octanol–water partition coefficient (Wildman–Crippen LogP) is 4.56. The lowest BCUT2D eigenvalue weighted by Gasteiger charge is -2.38. The first-order valence-electron chi connectivity index (χ1n) is 16.7. The maximum absolute atomic E-state index is 14.1. The summed E-state index contributed by atoms with van der Waals surface area (Å²) in [5.74, 6) is -0.799. The molecular formula is C36H40F3N8O3+. The van der Waals surface area contributed by atoms with Crippen molar-refractivity contribution < 1.29 is 27.2 Å². The van der Waals surface area contributed by atoms with Gasteiger partial charge in [0.2, 0.25) is 5.91 Å². The normalized spacial score (nSPS) is 19.5. The van der Waals surface area contributed by atoms with Crippen LogP contribution in [0.4, 0.5) is 13.2 Å². The highest BCUT2D eigenvalue weighted by molar-refractivity contribution is 6.00. The second-order valence-electron chi connectivity index (χ2n) is 13.9. The number of nitrogens with one attached hydrogen (secondary N) is 2. The van der Waals surface area contributed by atoms with Crippen LogP contribution in [0.15, 0.2) is 65.6 Å². The Kier molecular flexibility index (Phi) is 9.46. The Morgan fingerprint density at radius 2 is 1.58 bits per heavy atom. The van der Waals surface area contributed by atoms with Gasteiger partial charge in [0.15, 0.2) is 0 Å². The first kappa shape index (κ1) is 34.7. The van der Waals surface area contributed by atoms with E-state index in [1.54, 1.807) is 30.3 Å². The third-order valence-corrected chi connectivity index (χ3v) is 9.98. The molecule has 4 aromatic rings. The quantitative estimate of drug-likeness (QED) is 0.275. The van der Waals surface area contributed by atoms with Gasteiger partial charge in [-0.15, -0.1) is 0 Å². The van der Waals surface area contributed by atoms with Crippen molar-refractivity contribution in [3.05, 3.63) is 87.8 Å². The molecule has 2 aliphatic rings. The van der Waals surface area contributed by atoms with Crippen molar-refractivity contribution >= 4 is 11.8 Å². The monoisotopic (exact) mass is 689 g/mol. The molecule has 3 heterocycles. The molecule has 0 radical (unpaired) electrons. The maximum atomic E-state index is 14.1. The number of aromatic nitrogens is 4. The second-order valence-corrected chi connectivity index (χ2v) is 13.9.